The van der Waals surface area contributed by atoms with Crippen LogP contribution in [0.25, 0.3) is 0 Å². The summed E-state index contributed by atoms with van der Waals surface area (Å²) < 4.78 is 0. The molecule has 1 saturated heterocycles. The first kappa shape index (κ1) is 12.9. The Morgan fingerprint density at radius 1 is 1.22 bits per heavy atom. The topological polar surface area (TPSA) is 81.1 Å². The predicted octanol–water partition coefficient (Wildman–Crippen LogP) is 1.90. The zero-order valence-electron chi connectivity index (χ0n) is 11.3. The van der Waals surface area contributed by atoms with E-state index in [0.717, 1.165) is 30.7 Å². The molecule has 100 valence electrons. The third kappa shape index (κ3) is 3.03. The quantitative estimate of drug-likeness (QED) is 0.836. The van der Waals surface area contributed by atoms with Crippen molar-refractivity contribution < 1.29 is 0 Å². The molecule has 0 bridgehead atoms. The van der Waals surface area contributed by atoms with E-state index in [1.54, 1.807) is 0 Å². The Morgan fingerprint density at radius 3 is 2.67 bits per heavy atom. The lowest BCUT2D eigenvalue weighted by Crippen LogP contribution is -2.26. The number of aromatic nitrogens is 2. The van der Waals surface area contributed by atoms with Gasteiger partial charge in [-0.2, -0.15) is 9.97 Å². The molecule has 0 spiro atoms. The van der Waals surface area contributed by atoms with Crippen molar-refractivity contribution in [2.75, 3.05) is 29.5 Å². The maximum absolute atomic E-state index is 5.72. The molecule has 1 aliphatic rings. The van der Waals surface area contributed by atoms with Crippen LogP contribution in [0.15, 0.2) is 6.07 Å². The normalized spacial score (nSPS) is 21.1. The van der Waals surface area contributed by atoms with Gasteiger partial charge in [-0.3, -0.25) is 0 Å². The molecule has 0 amide bonds. The van der Waals surface area contributed by atoms with Gasteiger partial charge in [0.25, 0.3) is 0 Å². The summed E-state index contributed by atoms with van der Waals surface area (Å²) in [7, 11) is 0. The zero-order chi connectivity index (χ0) is 13.1. The van der Waals surface area contributed by atoms with E-state index in [1.165, 1.54) is 19.3 Å². The SMILES string of the molecule is CC(C)C1CCCN(c2cc(N)nc(N)n2)CC1. The van der Waals surface area contributed by atoms with E-state index in [-0.39, 0.29) is 5.95 Å². The number of hydrogen-bond donors (Lipinski definition) is 2. The fraction of sp³-hybridized carbons (Fsp3) is 0.692. The lowest BCUT2D eigenvalue weighted by molar-refractivity contribution is 0.351. The largest absolute Gasteiger partial charge is 0.383 e. The van der Waals surface area contributed by atoms with E-state index in [1.807, 2.05) is 6.07 Å². The van der Waals surface area contributed by atoms with Crippen molar-refractivity contribution in [1.82, 2.24) is 9.97 Å². The fourth-order valence-corrected chi connectivity index (χ4v) is 2.65. The molecule has 2 heterocycles. The van der Waals surface area contributed by atoms with Gasteiger partial charge >= 0.3 is 0 Å². The number of rotatable bonds is 2. The van der Waals surface area contributed by atoms with E-state index in [2.05, 4.69) is 28.7 Å². The van der Waals surface area contributed by atoms with Gasteiger partial charge in [-0.25, -0.2) is 0 Å². The van der Waals surface area contributed by atoms with E-state index >= 15 is 0 Å². The highest BCUT2D eigenvalue weighted by molar-refractivity contribution is 5.50. The highest BCUT2D eigenvalue weighted by Crippen LogP contribution is 2.27. The van der Waals surface area contributed by atoms with Gasteiger partial charge < -0.3 is 16.4 Å². The van der Waals surface area contributed by atoms with Crippen molar-refractivity contribution >= 4 is 17.6 Å². The molecule has 1 atom stereocenters. The van der Waals surface area contributed by atoms with Crippen molar-refractivity contribution in [2.45, 2.75) is 33.1 Å². The standard InChI is InChI=1S/C13H23N5/c1-9(2)10-4-3-6-18(7-5-10)12-8-11(14)16-13(15)17-12/h8-10H,3-7H2,1-2H3,(H4,14,15,16,17). The summed E-state index contributed by atoms with van der Waals surface area (Å²) in [5.41, 5.74) is 11.4. The van der Waals surface area contributed by atoms with Crippen LogP contribution in [0.5, 0.6) is 0 Å². The maximum Gasteiger partial charge on any atom is 0.223 e. The zero-order valence-corrected chi connectivity index (χ0v) is 11.3. The van der Waals surface area contributed by atoms with Crippen molar-refractivity contribution in [2.24, 2.45) is 11.8 Å². The van der Waals surface area contributed by atoms with Gasteiger partial charge in [0.2, 0.25) is 5.95 Å². The first-order valence-electron chi connectivity index (χ1n) is 6.71. The molecule has 2 rings (SSSR count). The van der Waals surface area contributed by atoms with Crippen LogP contribution < -0.4 is 16.4 Å². The monoisotopic (exact) mass is 249 g/mol. The molecule has 1 aromatic rings. The number of anilines is 3. The van der Waals surface area contributed by atoms with Gasteiger partial charge in [-0.15, -0.1) is 0 Å². The molecule has 5 nitrogen and oxygen atoms in total. The molecule has 18 heavy (non-hydrogen) atoms. The summed E-state index contributed by atoms with van der Waals surface area (Å²) in [6.07, 6.45) is 3.71. The number of hydrogen-bond acceptors (Lipinski definition) is 5. The molecule has 1 unspecified atom stereocenters. The average molecular weight is 249 g/mol. The highest BCUT2D eigenvalue weighted by atomic mass is 15.2. The molecule has 0 aliphatic carbocycles. The molecule has 0 aromatic carbocycles. The summed E-state index contributed by atoms with van der Waals surface area (Å²) in [4.78, 5) is 10.5. The smallest absolute Gasteiger partial charge is 0.223 e. The van der Waals surface area contributed by atoms with Crippen LogP contribution in [0.2, 0.25) is 0 Å². The van der Waals surface area contributed by atoms with Crippen LogP contribution in [0.3, 0.4) is 0 Å². The van der Waals surface area contributed by atoms with Crippen molar-refractivity contribution in [3.05, 3.63) is 6.07 Å². The highest BCUT2D eigenvalue weighted by Gasteiger charge is 2.20. The predicted molar refractivity (Wildman–Crippen MR) is 75.2 cm³/mol. The molecule has 0 saturated carbocycles. The molecule has 1 fully saturated rings. The second kappa shape index (κ2) is 5.42. The first-order chi connectivity index (χ1) is 8.56. The van der Waals surface area contributed by atoms with Crippen molar-refractivity contribution in [1.29, 1.82) is 0 Å². The Kier molecular flexibility index (Phi) is 3.89. The summed E-state index contributed by atoms with van der Waals surface area (Å²) >= 11 is 0. The Balaban J connectivity index is 2.09. The molecule has 0 radical (unpaired) electrons. The molecular weight excluding hydrogens is 226 g/mol. The van der Waals surface area contributed by atoms with Crippen LogP contribution in [-0.2, 0) is 0 Å². The van der Waals surface area contributed by atoms with Crippen LogP contribution in [0, 0.1) is 11.8 Å². The number of nitrogen functional groups attached to an aromatic ring is 2. The van der Waals surface area contributed by atoms with Gasteiger partial charge in [0.1, 0.15) is 11.6 Å². The minimum Gasteiger partial charge on any atom is -0.383 e. The van der Waals surface area contributed by atoms with Crippen LogP contribution in [-0.4, -0.2) is 23.1 Å². The Morgan fingerprint density at radius 2 is 2.00 bits per heavy atom. The van der Waals surface area contributed by atoms with Gasteiger partial charge in [0.05, 0.1) is 0 Å². The van der Waals surface area contributed by atoms with Crippen LogP contribution >= 0.6 is 0 Å². The van der Waals surface area contributed by atoms with Gasteiger partial charge in [-0.1, -0.05) is 13.8 Å². The Hall–Kier alpha value is -1.52. The van der Waals surface area contributed by atoms with E-state index in [4.69, 9.17) is 11.5 Å². The lowest BCUT2D eigenvalue weighted by Gasteiger charge is -2.22. The second-order valence-electron chi connectivity index (χ2n) is 5.43. The van der Waals surface area contributed by atoms with Crippen LogP contribution in [0.4, 0.5) is 17.6 Å². The summed E-state index contributed by atoms with van der Waals surface area (Å²) in [5.74, 6) is 3.14. The number of nitrogens with zero attached hydrogens (tertiary/aromatic N) is 3. The van der Waals surface area contributed by atoms with Crippen LogP contribution in [0.1, 0.15) is 33.1 Å². The number of nitrogens with two attached hydrogens (primary N) is 2. The molecule has 4 N–H and O–H groups in total. The Labute approximate surface area is 109 Å². The minimum atomic E-state index is 0.259. The lowest BCUT2D eigenvalue weighted by atomic mass is 9.89. The minimum absolute atomic E-state index is 0.259. The average Bonchev–Trinajstić information content (AvgIpc) is 2.52. The van der Waals surface area contributed by atoms with E-state index in [9.17, 15) is 0 Å². The van der Waals surface area contributed by atoms with E-state index in [0.29, 0.717) is 5.82 Å². The second-order valence-corrected chi connectivity index (χ2v) is 5.43. The maximum atomic E-state index is 5.72. The van der Waals surface area contributed by atoms with Crippen molar-refractivity contribution in [3.8, 4) is 0 Å². The molecule has 1 aromatic heterocycles. The third-order valence-electron chi connectivity index (χ3n) is 3.79. The fourth-order valence-electron chi connectivity index (χ4n) is 2.65. The van der Waals surface area contributed by atoms with Gasteiger partial charge in [0, 0.05) is 19.2 Å². The third-order valence-corrected chi connectivity index (χ3v) is 3.79. The Bertz CT molecular complexity index is 384. The van der Waals surface area contributed by atoms with E-state index < -0.39 is 0 Å². The van der Waals surface area contributed by atoms with Gasteiger partial charge in [-0.05, 0) is 31.1 Å². The molecule has 5 heteroatoms. The summed E-state index contributed by atoms with van der Waals surface area (Å²) in [6, 6.07) is 1.81. The summed E-state index contributed by atoms with van der Waals surface area (Å²) in [6.45, 7) is 6.67. The molecule has 1 aliphatic heterocycles. The first-order valence-corrected chi connectivity index (χ1v) is 6.71. The summed E-state index contributed by atoms with van der Waals surface area (Å²) in [5, 5.41) is 0. The molecular formula is C13H23N5. The van der Waals surface area contributed by atoms with Crippen molar-refractivity contribution in [3.63, 3.8) is 0 Å². The van der Waals surface area contributed by atoms with Gasteiger partial charge in [0.15, 0.2) is 0 Å².